The number of carbonyl (C=O) groups excluding carboxylic acids is 2. The van der Waals surface area contributed by atoms with Crippen LogP contribution in [0.2, 0.25) is 0 Å². The Labute approximate surface area is 188 Å². The Morgan fingerprint density at radius 1 is 1.19 bits per heavy atom. The van der Waals surface area contributed by atoms with E-state index in [9.17, 15) is 14.0 Å². The van der Waals surface area contributed by atoms with Crippen molar-refractivity contribution in [2.24, 2.45) is 28.7 Å². The highest BCUT2D eigenvalue weighted by Gasteiger charge is 2.58. The molecular weight excluding hydrogens is 411 g/mol. The number of likely N-dealkylation sites (tertiary alicyclic amines) is 1. The van der Waals surface area contributed by atoms with E-state index in [-0.39, 0.29) is 53.2 Å². The predicted octanol–water partition coefficient (Wildman–Crippen LogP) is 2.35. The third kappa shape index (κ3) is 4.36. The molecule has 1 saturated heterocycles. The summed E-state index contributed by atoms with van der Waals surface area (Å²) in [6, 6.07) is 6.36. The van der Waals surface area contributed by atoms with Crippen LogP contribution in [0.5, 0.6) is 5.75 Å². The third-order valence-electron chi connectivity index (χ3n) is 6.72. The number of amides is 2. The Morgan fingerprint density at radius 2 is 1.88 bits per heavy atom. The SMILES string of the molecule is CCC(CNC(=NC)NCCCN1C(=O)C2C3C=CC(C3)C2C1=O)Oc1ccccc1F. The van der Waals surface area contributed by atoms with Crippen molar-refractivity contribution >= 4 is 17.8 Å². The molecule has 0 spiro atoms. The number of hydrogen-bond acceptors (Lipinski definition) is 4. The fourth-order valence-electron chi connectivity index (χ4n) is 5.05. The first kappa shape index (κ1) is 22.3. The van der Waals surface area contributed by atoms with Gasteiger partial charge in [0.1, 0.15) is 6.10 Å². The van der Waals surface area contributed by atoms with Crippen LogP contribution in [0.3, 0.4) is 0 Å². The molecule has 2 N–H and O–H groups in total. The lowest BCUT2D eigenvalue weighted by Crippen LogP contribution is -2.43. The highest BCUT2D eigenvalue weighted by molar-refractivity contribution is 6.06. The van der Waals surface area contributed by atoms with Gasteiger partial charge in [-0.05, 0) is 43.2 Å². The molecule has 32 heavy (non-hydrogen) atoms. The van der Waals surface area contributed by atoms with Gasteiger partial charge in [0.25, 0.3) is 0 Å². The number of aliphatic imine (C=N–C) groups is 1. The van der Waals surface area contributed by atoms with Gasteiger partial charge >= 0.3 is 0 Å². The van der Waals surface area contributed by atoms with Crippen molar-refractivity contribution in [3.05, 3.63) is 42.2 Å². The Balaban J connectivity index is 1.19. The number of imide groups is 1. The maximum Gasteiger partial charge on any atom is 0.233 e. The second-order valence-electron chi connectivity index (χ2n) is 8.64. The zero-order valence-electron chi connectivity index (χ0n) is 18.6. The number of nitrogens with zero attached hydrogens (tertiary/aromatic N) is 2. The summed E-state index contributed by atoms with van der Waals surface area (Å²) < 4.78 is 19.6. The molecule has 5 unspecified atom stereocenters. The maximum atomic E-state index is 13.8. The molecule has 1 aromatic rings. The standard InChI is InChI=1S/C24H31FN4O3/c1-3-17(32-19-8-5-4-7-18(19)25)14-28-24(26-2)27-11-6-12-29-22(30)20-15-9-10-16(13-15)21(20)23(29)31/h4-5,7-10,15-17,20-21H,3,6,11-14H2,1-2H3,(H2,26,27,28). The smallest absolute Gasteiger partial charge is 0.233 e. The molecule has 4 rings (SSSR count). The molecular formula is C24H31FN4O3. The van der Waals surface area contributed by atoms with Crippen LogP contribution in [-0.2, 0) is 9.59 Å². The molecule has 0 radical (unpaired) electrons. The minimum absolute atomic E-state index is 0.00422. The molecule has 1 aliphatic heterocycles. The Morgan fingerprint density at radius 3 is 2.50 bits per heavy atom. The number of guanidine groups is 1. The normalized spacial score (nSPS) is 27.1. The van der Waals surface area contributed by atoms with Crippen LogP contribution >= 0.6 is 0 Å². The summed E-state index contributed by atoms with van der Waals surface area (Å²) in [5, 5.41) is 6.40. The molecule has 8 heteroatoms. The van der Waals surface area contributed by atoms with E-state index in [0.717, 1.165) is 6.42 Å². The summed E-state index contributed by atoms with van der Waals surface area (Å²) in [5.41, 5.74) is 0. The van der Waals surface area contributed by atoms with Crippen LogP contribution in [0.1, 0.15) is 26.2 Å². The van der Waals surface area contributed by atoms with Crippen LogP contribution in [0.25, 0.3) is 0 Å². The molecule has 2 amide bonds. The summed E-state index contributed by atoms with van der Waals surface area (Å²) in [4.78, 5) is 31.1. The first-order chi connectivity index (χ1) is 15.5. The van der Waals surface area contributed by atoms with Gasteiger partial charge in [0.05, 0.1) is 18.4 Å². The minimum atomic E-state index is -0.382. The highest BCUT2D eigenvalue weighted by Crippen LogP contribution is 2.52. The molecule has 2 bridgehead atoms. The van der Waals surface area contributed by atoms with Crippen molar-refractivity contribution in [1.82, 2.24) is 15.5 Å². The van der Waals surface area contributed by atoms with Gasteiger partial charge in [-0.3, -0.25) is 19.5 Å². The second kappa shape index (κ2) is 9.71. The van der Waals surface area contributed by atoms with Crippen molar-refractivity contribution in [1.29, 1.82) is 0 Å². The lowest BCUT2D eigenvalue weighted by atomic mass is 9.85. The molecule has 7 nitrogen and oxygen atoms in total. The van der Waals surface area contributed by atoms with E-state index in [4.69, 9.17) is 4.74 Å². The van der Waals surface area contributed by atoms with Gasteiger partial charge in [-0.15, -0.1) is 0 Å². The molecule has 3 aliphatic rings. The molecule has 2 aliphatic carbocycles. The average molecular weight is 443 g/mol. The summed E-state index contributed by atoms with van der Waals surface area (Å²) in [7, 11) is 1.67. The van der Waals surface area contributed by atoms with Crippen LogP contribution in [0, 0.1) is 29.5 Å². The number of carbonyl (C=O) groups is 2. The number of rotatable bonds is 9. The van der Waals surface area contributed by atoms with Crippen LogP contribution in [0.15, 0.2) is 41.4 Å². The van der Waals surface area contributed by atoms with Gasteiger partial charge < -0.3 is 15.4 Å². The molecule has 2 fully saturated rings. The number of para-hydroxylation sites is 1. The number of benzene rings is 1. The van der Waals surface area contributed by atoms with Crippen LogP contribution < -0.4 is 15.4 Å². The average Bonchev–Trinajstić information content (AvgIpc) is 3.48. The third-order valence-corrected chi connectivity index (χ3v) is 6.72. The fourth-order valence-corrected chi connectivity index (χ4v) is 5.05. The molecule has 1 heterocycles. The van der Waals surface area contributed by atoms with Gasteiger partial charge in [-0.25, -0.2) is 4.39 Å². The van der Waals surface area contributed by atoms with Gasteiger partial charge in [0.2, 0.25) is 11.8 Å². The number of ether oxygens (including phenoxy) is 1. The number of hydrogen-bond donors (Lipinski definition) is 2. The molecule has 172 valence electrons. The first-order valence-corrected chi connectivity index (χ1v) is 11.4. The lowest BCUT2D eigenvalue weighted by Gasteiger charge is -2.21. The molecule has 1 aromatic carbocycles. The van der Waals surface area contributed by atoms with Gasteiger partial charge in [0, 0.05) is 20.1 Å². The van der Waals surface area contributed by atoms with E-state index in [2.05, 4.69) is 27.8 Å². The first-order valence-electron chi connectivity index (χ1n) is 11.4. The summed E-state index contributed by atoms with van der Waals surface area (Å²) >= 11 is 0. The topological polar surface area (TPSA) is 83.0 Å². The van der Waals surface area contributed by atoms with E-state index in [1.165, 1.54) is 11.0 Å². The maximum absolute atomic E-state index is 13.8. The number of fused-ring (bicyclic) bond motifs is 5. The predicted molar refractivity (Wildman–Crippen MR) is 120 cm³/mol. The fraction of sp³-hybridized carbons (Fsp3) is 0.542. The summed E-state index contributed by atoms with van der Waals surface area (Å²) in [5.74, 6) is 0.645. The van der Waals surface area contributed by atoms with Crippen molar-refractivity contribution < 1.29 is 18.7 Å². The van der Waals surface area contributed by atoms with Gasteiger partial charge in [0.15, 0.2) is 17.5 Å². The van der Waals surface area contributed by atoms with E-state index in [1.807, 2.05) is 6.92 Å². The van der Waals surface area contributed by atoms with Crippen molar-refractivity contribution in [3.63, 3.8) is 0 Å². The van der Waals surface area contributed by atoms with Gasteiger partial charge in [-0.1, -0.05) is 31.2 Å². The zero-order valence-corrected chi connectivity index (χ0v) is 18.6. The van der Waals surface area contributed by atoms with E-state index >= 15 is 0 Å². The lowest BCUT2D eigenvalue weighted by molar-refractivity contribution is -0.140. The minimum Gasteiger partial charge on any atom is -0.486 e. The number of halogens is 1. The van der Waals surface area contributed by atoms with Crippen molar-refractivity contribution in [2.45, 2.75) is 32.3 Å². The van der Waals surface area contributed by atoms with E-state index in [1.54, 1.807) is 25.2 Å². The molecule has 0 aromatic heterocycles. The monoisotopic (exact) mass is 442 g/mol. The highest BCUT2D eigenvalue weighted by atomic mass is 19.1. The van der Waals surface area contributed by atoms with Gasteiger partial charge in [-0.2, -0.15) is 0 Å². The molecule has 5 atom stereocenters. The largest absolute Gasteiger partial charge is 0.486 e. The second-order valence-corrected chi connectivity index (χ2v) is 8.64. The zero-order chi connectivity index (χ0) is 22.7. The summed E-state index contributed by atoms with van der Waals surface area (Å²) in [6.07, 6.45) is 6.30. The quantitative estimate of drug-likeness (QED) is 0.202. The van der Waals surface area contributed by atoms with Crippen LogP contribution in [0.4, 0.5) is 4.39 Å². The van der Waals surface area contributed by atoms with Crippen molar-refractivity contribution in [3.8, 4) is 5.75 Å². The summed E-state index contributed by atoms with van der Waals surface area (Å²) in [6.45, 7) is 3.43. The van der Waals surface area contributed by atoms with Crippen molar-refractivity contribution in [2.75, 3.05) is 26.7 Å². The van der Waals surface area contributed by atoms with E-state index < -0.39 is 0 Å². The van der Waals surface area contributed by atoms with E-state index in [0.29, 0.717) is 38.4 Å². The van der Waals surface area contributed by atoms with Crippen LogP contribution in [-0.4, -0.2) is 55.5 Å². The Hall–Kier alpha value is -2.90. The molecule has 1 saturated carbocycles. The Kier molecular flexibility index (Phi) is 6.77. The number of allylic oxidation sites excluding steroid dienone is 2. The Bertz CT molecular complexity index is 888. The number of nitrogens with one attached hydrogen (secondary N) is 2.